The molecule has 4 nitrogen and oxygen atoms in total. The van der Waals surface area contributed by atoms with Gasteiger partial charge in [-0.3, -0.25) is 10.1 Å². The van der Waals surface area contributed by atoms with Crippen molar-refractivity contribution in [3.05, 3.63) is 98.2 Å². The maximum atomic E-state index is 12.3. The average molecular weight is 390 g/mol. The molecule has 2 heterocycles. The van der Waals surface area contributed by atoms with Crippen molar-refractivity contribution in [1.82, 2.24) is 15.3 Å². The smallest absolute Gasteiger partial charge is 0.258 e. The standard InChI is InChI=1S/C23H23N3OS/c1-2-6-16-10-12-17(13-11-16)22(20-9-5-14-28-20)24-15-21-25-19-8-4-3-7-18(19)23(27)26-21/h3-5,7-14,22,24H,2,6,15H2,1H3,(H,25,26,27)/t22-/m0/s1. The number of H-pyrrole nitrogens is 1. The number of fused-ring (bicyclic) bond motifs is 1. The second kappa shape index (κ2) is 8.50. The summed E-state index contributed by atoms with van der Waals surface area (Å²) < 4.78 is 0. The number of benzene rings is 2. The first-order valence-corrected chi connectivity index (χ1v) is 10.5. The Bertz CT molecular complexity index is 1100. The van der Waals surface area contributed by atoms with Gasteiger partial charge in [0.15, 0.2) is 0 Å². The van der Waals surface area contributed by atoms with Crippen molar-refractivity contribution < 1.29 is 0 Å². The van der Waals surface area contributed by atoms with E-state index in [9.17, 15) is 4.79 Å². The summed E-state index contributed by atoms with van der Waals surface area (Å²) in [5.41, 5.74) is 3.20. The molecule has 0 radical (unpaired) electrons. The molecule has 0 fully saturated rings. The van der Waals surface area contributed by atoms with E-state index in [2.05, 4.69) is 64.0 Å². The van der Waals surface area contributed by atoms with Gasteiger partial charge in [-0.05, 0) is 41.1 Å². The highest BCUT2D eigenvalue weighted by atomic mass is 32.1. The topological polar surface area (TPSA) is 57.8 Å². The molecule has 28 heavy (non-hydrogen) atoms. The summed E-state index contributed by atoms with van der Waals surface area (Å²) in [4.78, 5) is 21.1. The van der Waals surface area contributed by atoms with Crippen LogP contribution in [0.4, 0.5) is 0 Å². The van der Waals surface area contributed by atoms with Crippen LogP contribution in [-0.4, -0.2) is 9.97 Å². The summed E-state index contributed by atoms with van der Waals surface area (Å²) in [5, 5.41) is 6.28. The van der Waals surface area contributed by atoms with Gasteiger partial charge in [0.2, 0.25) is 0 Å². The molecule has 0 spiro atoms. The Balaban J connectivity index is 1.59. The fraction of sp³-hybridized carbons (Fsp3) is 0.217. The number of rotatable bonds is 7. The quantitative estimate of drug-likeness (QED) is 0.477. The minimum absolute atomic E-state index is 0.0625. The molecule has 0 aliphatic carbocycles. The van der Waals surface area contributed by atoms with E-state index >= 15 is 0 Å². The minimum Gasteiger partial charge on any atom is -0.309 e. The van der Waals surface area contributed by atoms with Crippen LogP contribution in [0.1, 0.15) is 41.2 Å². The number of nitrogens with zero attached hydrogens (tertiary/aromatic N) is 1. The number of aromatic amines is 1. The van der Waals surface area contributed by atoms with Gasteiger partial charge >= 0.3 is 0 Å². The third-order valence-electron chi connectivity index (χ3n) is 4.81. The van der Waals surface area contributed by atoms with Gasteiger partial charge in [-0.15, -0.1) is 11.3 Å². The van der Waals surface area contributed by atoms with Crippen LogP contribution in [0.2, 0.25) is 0 Å². The van der Waals surface area contributed by atoms with E-state index in [1.165, 1.54) is 16.0 Å². The van der Waals surface area contributed by atoms with Crippen LogP contribution in [0.5, 0.6) is 0 Å². The maximum absolute atomic E-state index is 12.3. The average Bonchev–Trinajstić information content (AvgIpc) is 3.24. The first kappa shape index (κ1) is 18.6. The number of nitrogens with one attached hydrogen (secondary N) is 2. The van der Waals surface area contributed by atoms with Gasteiger partial charge in [-0.1, -0.05) is 55.8 Å². The summed E-state index contributed by atoms with van der Waals surface area (Å²) in [6.07, 6.45) is 2.24. The zero-order valence-electron chi connectivity index (χ0n) is 15.8. The molecule has 4 aromatic rings. The van der Waals surface area contributed by atoms with E-state index in [1.807, 2.05) is 18.2 Å². The van der Waals surface area contributed by atoms with Crippen LogP contribution in [0.15, 0.2) is 70.8 Å². The molecular weight excluding hydrogens is 366 g/mol. The highest BCUT2D eigenvalue weighted by Gasteiger charge is 2.15. The van der Waals surface area contributed by atoms with Gasteiger partial charge in [0.1, 0.15) is 5.82 Å². The molecule has 0 bridgehead atoms. The molecule has 0 aliphatic heterocycles. The zero-order valence-corrected chi connectivity index (χ0v) is 16.6. The highest BCUT2D eigenvalue weighted by molar-refractivity contribution is 7.10. The third kappa shape index (κ3) is 4.06. The van der Waals surface area contributed by atoms with Crippen molar-refractivity contribution >= 4 is 22.2 Å². The monoisotopic (exact) mass is 389 g/mol. The van der Waals surface area contributed by atoms with E-state index in [-0.39, 0.29) is 11.6 Å². The highest BCUT2D eigenvalue weighted by Crippen LogP contribution is 2.26. The molecule has 1 atom stereocenters. The van der Waals surface area contributed by atoms with Crippen molar-refractivity contribution in [3.63, 3.8) is 0 Å². The SMILES string of the molecule is CCCc1ccc([C@H](NCc2nc3ccccc3c(=O)[nH]2)c2cccs2)cc1. The van der Waals surface area contributed by atoms with E-state index in [4.69, 9.17) is 0 Å². The van der Waals surface area contributed by atoms with Crippen molar-refractivity contribution in [2.75, 3.05) is 0 Å². The lowest BCUT2D eigenvalue weighted by Gasteiger charge is -2.18. The Morgan fingerprint density at radius 1 is 1.07 bits per heavy atom. The number of aryl methyl sites for hydroxylation is 1. The van der Waals surface area contributed by atoms with E-state index in [0.29, 0.717) is 17.8 Å². The molecular formula is C23H23N3OS. The number of aromatic nitrogens is 2. The van der Waals surface area contributed by atoms with Crippen LogP contribution in [0.3, 0.4) is 0 Å². The Kier molecular flexibility index (Phi) is 5.65. The van der Waals surface area contributed by atoms with E-state index in [0.717, 1.165) is 18.4 Å². The predicted octanol–water partition coefficient (Wildman–Crippen LogP) is 4.82. The molecule has 0 saturated carbocycles. The van der Waals surface area contributed by atoms with Gasteiger partial charge in [0.05, 0.1) is 23.5 Å². The number of para-hydroxylation sites is 1. The zero-order chi connectivity index (χ0) is 19.3. The molecule has 2 aromatic carbocycles. The fourth-order valence-corrected chi connectivity index (χ4v) is 4.25. The largest absolute Gasteiger partial charge is 0.309 e. The van der Waals surface area contributed by atoms with Crippen molar-refractivity contribution in [2.24, 2.45) is 0 Å². The van der Waals surface area contributed by atoms with Crippen molar-refractivity contribution in [3.8, 4) is 0 Å². The molecule has 4 rings (SSSR count). The lowest BCUT2D eigenvalue weighted by atomic mass is 10.0. The number of hydrogen-bond donors (Lipinski definition) is 2. The maximum Gasteiger partial charge on any atom is 0.258 e. The number of thiophene rings is 1. The summed E-state index contributed by atoms with van der Waals surface area (Å²) in [7, 11) is 0. The molecule has 0 unspecified atom stereocenters. The molecule has 5 heteroatoms. The molecule has 142 valence electrons. The van der Waals surface area contributed by atoms with Crippen LogP contribution in [0, 0.1) is 0 Å². The lowest BCUT2D eigenvalue weighted by Crippen LogP contribution is -2.24. The lowest BCUT2D eigenvalue weighted by molar-refractivity contribution is 0.594. The summed E-state index contributed by atoms with van der Waals surface area (Å²) in [5.74, 6) is 0.646. The van der Waals surface area contributed by atoms with Crippen molar-refractivity contribution in [1.29, 1.82) is 0 Å². The Morgan fingerprint density at radius 2 is 1.89 bits per heavy atom. The minimum atomic E-state index is -0.0982. The second-order valence-corrected chi connectivity index (χ2v) is 7.83. The van der Waals surface area contributed by atoms with Crippen molar-refractivity contribution in [2.45, 2.75) is 32.4 Å². The fourth-order valence-electron chi connectivity index (χ4n) is 3.42. The summed E-state index contributed by atoms with van der Waals surface area (Å²) in [6.45, 7) is 2.68. The van der Waals surface area contributed by atoms with Crippen LogP contribution < -0.4 is 10.9 Å². The van der Waals surface area contributed by atoms with E-state index < -0.39 is 0 Å². The normalized spacial score (nSPS) is 12.3. The van der Waals surface area contributed by atoms with E-state index in [1.54, 1.807) is 17.4 Å². The molecule has 2 aromatic heterocycles. The summed E-state index contributed by atoms with van der Waals surface area (Å²) in [6, 6.07) is 20.5. The Labute approximate surface area is 168 Å². The Hall–Kier alpha value is -2.76. The molecule has 0 amide bonds. The van der Waals surface area contributed by atoms with Gasteiger partial charge in [-0.25, -0.2) is 4.98 Å². The molecule has 0 saturated heterocycles. The third-order valence-corrected chi connectivity index (χ3v) is 5.75. The first-order valence-electron chi connectivity index (χ1n) is 9.58. The van der Waals surface area contributed by atoms with Gasteiger partial charge in [0, 0.05) is 4.88 Å². The molecule has 2 N–H and O–H groups in total. The predicted molar refractivity (Wildman–Crippen MR) is 116 cm³/mol. The Morgan fingerprint density at radius 3 is 2.64 bits per heavy atom. The summed E-state index contributed by atoms with van der Waals surface area (Å²) >= 11 is 1.73. The second-order valence-electron chi connectivity index (χ2n) is 6.85. The first-order chi connectivity index (χ1) is 13.7. The van der Waals surface area contributed by atoms with Crippen LogP contribution in [0.25, 0.3) is 10.9 Å². The van der Waals surface area contributed by atoms with Gasteiger partial charge in [0.25, 0.3) is 5.56 Å². The van der Waals surface area contributed by atoms with Crippen LogP contribution >= 0.6 is 11.3 Å². The van der Waals surface area contributed by atoms with Gasteiger partial charge < -0.3 is 4.98 Å². The van der Waals surface area contributed by atoms with Gasteiger partial charge in [-0.2, -0.15) is 0 Å². The number of hydrogen-bond acceptors (Lipinski definition) is 4. The van der Waals surface area contributed by atoms with Crippen LogP contribution in [-0.2, 0) is 13.0 Å². The molecule has 0 aliphatic rings.